The molecule has 0 aromatic heterocycles. The lowest BCUT2D eigenvalue weighted by Crippen LogP contribution is -2.32. The summed E-state index contributed by atoms with van der Waals surface area (Å²) in [5, 5.41) is 0. The minimum absolute atomic E-state index is 0.229. The summed E-state index contributed by atoms with van der Waals surface area (Å²) in [6, 6.07) is 1.23. The lowest BCUT2D eigenvalue weighted by Gasteiger charge is -2.24. The van der Waals surface area contributed by atoms with Crippen molar-refractivity contribution in [3.63, 3.8) is 0 Å². The number of hydrogen-bond donors (Lipinski definition) is 0. The van der Waals surface area contributed by atoms with Gasteiger partial charge >= 0.3 is 5.97 Å². The Kier molecular flexibility index (Phi) is 8.46. The molecule has 0 radical (unpaired) electrons. The quantitative estimate of drug-likeness (QED) is 0.371. The van der Waals surface area contributed by atoms with Gasteiger partial charge in [0.15, 0.2) is 0 Å². The minimum atomic E-state index is -0.305. The molecule has 0 fully saturated rings. The fourth-order valence-electron chi connectivity index (χ4n) is 1.15. The summed E-state index contributed by atoms with van der Waals surface area (Å²) >= 11 is 0. The van der Waals surface area contributed by atoms with Crippen LogP contribution in [0, 0.1) is 0 Å². The fourth-order valence-corrected chi connectivity index (χ4v) is 1.44. The Balaban J connectivity index is 3.92. The molecule has 0 saturated heterocycles. The van der Waals surface area contributed by atoms with Gasteiger partial charge in [-0.2, -0.15) is 0 Å². The molecular weight excluding hydrogens is 236 g/mol. The first kappa shape index (κ1) is 16.6. The van der Waals surface area contributed by atoms with E-state index < -0.39 is 0 Å². The Labute approximate surface area is 107 Å². The molecule has 1 atom stereocenters. The zero-order valence-corrected chi connectivity index (χ0v) is 13.7. The van der Waals surface area contributed by atoms with Crippen LogP contribution < -0.4 is 0 Å². The van der Waals surface area contributed by atoms with E-state index in [0.29, 0.717) is 13.2 Å². The van der Waals surface area contributed by atoms with Crippen molar-refractivity contribution >= 4 is 16.2 Å². The van der Waals surface area contributed by atoms with Crippen LogP contribution in [0.1, 0.15) is 34.1 Å². The molecule has 102 valence electrons. The summed E-state index contributed by atoms with van der Waals surface area (Å²) in [4.78, 5) is 10.9. The van der Waals surface area contributed by atoms with Crippen LogP contribution in [0.3, 0.4) is 0 Å². The Morgan fingerprint density at radius 1 is 1.29 bits per heavy atom. The van der Waals surface area contributed by atoms with Crippen molar-refractivity contribution in [2.24, 2.45) is 0 Å². The molecule has 0 saturated carbocycles. The first-order chi connectivity index (χ1) is 7.85. The molecule has 0 N–H and O–H groups in total. The van der Waals surface area contributed by atoms with Crippen LogP contribution >= 0.6 is 0 Å². The van der Waals surface area contributed by atoms with E-state index in [1.165, 1.54) is 23.2 Å². The molecule has 0 aromatic rings. The lowest BCUT2D eigenvalue weighted by atomic mass is 10.2. The highest BCUT2D eigenvalue weighted by Gasteiger charge is 2.17. The molecule has 1 unspecified atom stereocenters. The summed E-state index contributed by atoms with van der Waals surface area (Å²) in [7, 11) is 1.21. The maximum absolute atomic E-state index is 10.9. The van der Waals surface area contributed by atoms with Crippen LogP contribution in [0.4, 0.5) is 0 Å². The van der Waals surface area contributed by atoms with Crippen molar-refractivity contribution in [2.45, 2.75) is 51.9 Å². The molecule has 0 bridgehead atoms. The molecule has 0 rings (SSSR count). The van der Waals surface area contributed by atoms with Crippen molar-refractivity contribution in [1.29, 1.82) is 0 Å². The van der Waals surface area contributed by atoms with Crippen molar-refractivity contribution in [3.05, 3.63) is 0 Å². The molecule has 0 spiro atoms. The van der Waals surface area contributed by atoms with E-state index in [-0.39, 0.29) is 17.7 Å². The summed E-state index contributed by atoms with van der Waals surface area (Å²) in [5.41, 5.74) is -0.229. The molecule has 0 aliphatic carbocycles. The summed E-state index contributed by atoms with van der Waals surface area (Å²) in [5.74, 6) is -0.293. The van der Waals surface area contributed by atoms with Gasteiger partial charge in [0.05, 0.1) is 18.8 Å². The van der Waals surface area contributed by atoms with Gasteiger partial charge in [0.1, 0.15) is 6.10 Å². The Morgan fingerprint density at radius 2 is 1.94 bits per heavy atom. The van der Waals surface area contributed by atoms with E-state index in [2.05, 4.69) is 0 Å². The number of carbonyl (C=O) groups is 1. The van der Waals surface area contributed by atoms with Crippen LogP contribution in [-0.2, 0) is 19.0 Å². The predicted octanol–water partition coefficient (Wildman–Crippen LogP) is 0.924. The van der Waals surface area contributed by atoms with Crippen molar-refractivity contribution < 1.29 is 19.0 Å². The fraction of sp³-hybridized carbons (Fsp3) is 0.917. The van der Waals surface area contributed by atoms with E-state index in [1.54, 1.807) is 0 Å². The molecule has 0 aliphatic heterocycles. The predicted molar refractivity (Wildman–Crippen MR) is 71.4 cm³/mol. The monoisotopic (exact) mass is 262 g/mol. The Bertz CT molecular complexity index is 213. The van der Waals surface area contributed by atoms with Gasteiger partial charge in [0.25, 0.3) is 0 Å². The van der Waals surface area contributed by atoms with Gasteiger partial charge < -0.3 is 14.2 Å². The van der Waals surface area contributed by atoms with Crippen molar-refractivity contribution in [2.75, 3.05) is 19.8 Å². The maximum Gasteiger partial charge on any atom is 0.303 e. The summed E-state index contributed by atoms with van der Waals surface area (Å²) < 4.78 is 16.2. The Hall–Kier alpha value is -0.393. The first-order valence-electron chi connectivity index (χ1n) is 6.24. The van der Waals surface area contributed by atoms with Gasteiger partial charge in [0, 0.05) is 23.8 Å². The van der Waals surface area contributed by atoms with E-state index in [9.17, 15) is 4.79 Å². The molecule has 17 heavy (non-hydrogen) atoms. The standard InChI is InChI=1S/C12H26O4Si/c1-10(13)16-11(8-14-6-5-7-17)9-15-12(2,3)4/h11H,5-9H2,1-4,17H3. The van der Waals surface area contributed by atoms with Crippen LogP contribution in [0.2, 0.25) is 6.04 Å². The number of carbonyl (C=O) groups excluding carboxylic acids is 1. The zero-order valence-electron chi connectivity index (χ0n) is 11.7. The third-order valence-electron chi connectivity index (χ3n) is 1.98. The second-order valence-electron chi connectivity index (χ2n) is 5.08. The minimum Gasteiger partial charge on any atom is -0.458 e. The van der Waals surface area contributed by atoms with Crippen molar-refractivity contribution in [1.82, 2.24) is 0 Å². The number of esters is 1. The van der Waals surface area contributed by atoms with E-state index in [4.69, 9.17) is 14.2 Å². The van der Waals surface area contributed by atoms with E-state index >= 15 is 0 Å². The molecular formula is C12H26O4Si. The van der Waals surface area contributed by atoms with E-state index in [1.807, 2.05) is 20.8 Å². The van der Waals surface area contributed by atoms with Gasteiger partial charge in [-0.25, -0.2) is 0 Å². The highest BCUT2D eigenvalue weighted by Crippen LogP contribution is 2.09. The molecule has 0 heterocycles. The maximum atomic E-state index is 10.9. The van der Waals surface area contributed by atoms with E-state index in [0.717, 1.165) is 13.0 Å². The number of ether oxygens (including phenoxy) is 3. The van der Waals surface area contributed by atoms with Crippen molar-refractivity contribution in [3.8, 4) is 0 Å². The summed E-state index contributed by atoms with van der Waals surface area (Å²) in [6.07, 6.45) is 0.778. The topological polar surface area (TPSA) is 44.8 Å². The van der Waals surface area contributed by atoms with Crippen LogP contribution in [-0.4, -0.2) is 47.7 Å². The van der Waals surface area contributed by atoms with Crippen LogP contribution in [0.5, 0.6) is 0 Å². The number of hydrogen-bond acceptors (Lipinski definition) is 4. The SMILES string of the molecule is CC(=O)OC(COCCC[SiH3])COC(C)(C)C. The Morgan fingerprint density at radius 3 is 2.41 bits per heavy atom. The highest BCUT2D eigenvalue weighted by atomic mass is 28.1. The molecule has 0 aliphatic rings. The highest BCUT2D eigenvalue weighted by molar-refractivity contribution is 6.08. The molecule has 0 aromatic carbocycles. The molecule has 4 nitrogen and oxygen atoms in total. The van der Waals surface area contributed by atoms with Gasteiger partial charge in [-0.3, -0.25) is 4.79 Å². The third kappa shape index (κ3) is 11.9. The average molecular weight is 262 g/mol. The summed E-state index contributed by atoms with van der Waals surface area (Å²) in [6.45, 7) is 8.85. The molecule has 0 amide bonds. The second kappa shape index (κ2) is 8.66. The van der Waals surface area contributed by atoms with Gasteiger partial charge in [0.2, 0.25) is 0 Å². The van der Waals surface area contributed by atoms with Crippen LogP contribution in [0.15, 0.2) is 0 Å². The zero-order chi connectivity index (χ0) is 13.3. The normalized spacial score (nSPS) is 13.6. The average Bonchev–Trinajstić information content (AvgIpc) is 2.18. The van der Waals surface area contributed by atoms with Crippen LogP contribution in [0.25, 0.3) is 0 Å². The molecule has 5 heteroatoms. The second-order valence-corrected chi connectivity index (χ2v) is 6.08. The number of rotatable bonds is 8. The lowest BCUT2D eigenvalue weighted by molar-refractivity contribution is -0.157. The van der Waals surface area contributed by atoms with Gasteiger partial charge in [-0.05, 0) is 27.2 Å². The van der Waals surface area contributed by atoms with Gasteiger partial charge in [-0.1, -0.05) is 6.04 Å². The smallest absolute Gasteiger partial charge is 0.303 e. The largest absolute Gasteiger partial charge is 0.458 e. The third-order valence-corrected chi connectivity index (χ3v) is 2.69. The first-order valence-corrected chi connectivity index (χ1v) is 7.65. The van der Waals surface area contributed by atoms with Gasteiger partial charge in [-0.15, -0.1) is 0 Å².